The van der Waals surface area contributed by atoms with Gasteiger partial charge in [-0.1, -0.05) is 0 Å². The van der Waals surface area contributed by atoms with Crippen molar-refractivity contribution in [3.8, 4) is 11.1 Å². The molecule has 0 aliphatic carbocycles. The van der Waals surface area contributed by atoms with E-state index in [4.69, 9.17) is 0 Å². The summed E-state index contributed by atoms with van der Waals surface area (Å²) in [6, 6.07) is 11.4. The molecule has 0 bridgehead atoms. The second-order valence-electron chi connectivity index (χ2n) is 4.65. The highest BCUT2D eigenvalue weighted by Gasteiger charge is 2.14. The zero-order valence-corrected chi connectivity index (χ0v) is 14.8. The van der Waals surface area contributed by atoms with Crippen LogP contribution in [-0.2, 0) is 0 Å². The summed E-state index contributed by atoms with van der Waals surface area (Å²) in [5.74, 6) is 0. The Balaban J connectivity index is 0.000000181. The molecule has 3 aromatic rings. The minimum Gasteiger partial charge on any atom is -0.265 e. The third-order valence-electron chi connectivity index (χ3n) is 2.98. The molecule has 126 valence electrons. The van der Waals surface area contributed by atoms with Gasteiger partial charge >= 0.3 is 0 Å². The molecule has 0 radical (unpaired) electrons. The van der Waals surface area contributed by atoms with Gasteiger partial charge in [0.2, 0.25) is 0 Å². The lowest BCUT2D eigenvalue weighted by molar-refractivity contribution is -0.394. The lowest BCUT2D eigenvalue weighted by atomic mass is 10.1. The average molecular weight is 450 g/mol. The first kappa shape index (κ1) is 18.4. The van der Waals surface area contributed by atoms with E-state index in [0.717, 1.165) is 6.07 Å². The topological polar surface area (TPSA) is 112 Å². The van der Waals surface area contributed by atoms with Crippen molar-refractivity contribution in [1.82, 2.24) is 9.97 Å². The number of halogens is 1. The van der Waals surface area contributed by atoms with Crippen molar-refractivity contribution in [2.24, 2.45) is 0 Å². The number of nitro benzene ring substituents is 2. The molecule has 0 N–H and O–H groups in total. The molecule has 0 saturated carbocycles. The van der Waals surface area contributed by atoms with Gasteiger partial charge in [-0.15, -0.1) is 0 Å². The number of hydrogen-bond donors (Lipinski definition) is 0. The first-order valence-corrected chi connectivity index (χ1v) is 7.95. The van der Waals surface area contributed by atoms with E-state index in [-0.39, 0.29) is 11.4 Å². The molecule has 25 heavy (non-hydrogen) atoms. The van der Waals surface area contributed by atoms with Crippen LogP contribution in [0.5, 0.6) is 0 Å². The number of non-ortho nitro benzene ring substituents is 2. The van der Waals surface area contributed by atoms with Gasteiger partial charge in [-0.3, -0.25) is 30.2 Å². The number of nitrogens with zero attached hydrogens (tertiary/aromatic N) is 4. The SMILES string of the molecule is O=[N+]([O-])c1cc(I)cc([N+](=O)[O-])c1.c1cc(-c2ccncc2)ccn1. The highest BCUT2D eigenvalue weighted by Crippen LogP contribution is 2.23. The maximum Gasteiger partial charge on any atom is 0.277 e. The lowest BCUT2D eigenvalue weighted by Crippen LogP contribution is -1.93. The van der Waals surface area contributed by atoms with E-state index < -0.39 is 9.85 Å². The van der Waals surface area contributed by atoms with E-state index in [0.29, 0.717) is 3.57 Å². The van der Waals surface area contributed by atoms with Crippen LogP contribution in [0.25, 0.3) is 11.1 Å². The van der Waals surface area contributed by atoms with Crippen molar-refractivity contribution >= 4 is 34.0 Å². The summed E-state index contributed by atoms with van der Waals surface area (Å²) in [5, 5.41) is 20.6. The standard InChI is InChI=1S/C10H8N2.C6H3IN2O4/c1-5-11-6-2-9(1)10-3-7-12-8-4-10;7-4-1-5(8(10)11)3-6(2-4)9(12)13/h1-8H;1-3H. The molecule has 0 fully saturated rings. The Labute approximate surface area is 156 Å². The molecule has 9 heteroatoms. The Morgan fingerprint density at radius 1 is 0.720 bits per heavy atom. The first-order valence-electron chi connectivity index (χ1n) is 6.87. The number of pyridine rings is 2. The maximum atomic E-state index is 10.3. The summed E-state index contributed by atoms with van der Waals surface area (Å²) in [6.45, 7) is 0. The monoisotopic (exact) mass is 450 g/mol. The summed E-state index contributed by atoms with van der Waals surface area (Å²) < 4.78 is 0.471. The van der Waals surface area contributed by atoms with Crippen LogP contribution in [0.1, 0.15) is 0 Å². The van der Waals surface area contributed by atoms with Gasteiger partial charge in [-0.25, -0.2) is 0 Å². The van der Waals surface area contributed by atoms with Crippen LogP contribution in [0.3, 0.4) is 0 Å². The minimum absolute atomic E-state index is 0.265. The predicted octanol–water partition coefficient (Wildman–Crippen LogP) is 4.25. The van der Waals surface area contributed by atoms with E-state index >= 15 is 0 Å². The molecule has 2 aromatic heterocycles. The quantitative estimate of drug-likeness (QED) is 0.335. The molecule has 0 spiro atoms. The van der Waals surface area contributed by atoms with Crippen molar-refractivity contribution in [2.75, 3.05) is 0 Å². The largest absolute Gasteiger partial charge is 0.277 e. The molecule has 3 rings (SSSR count). The zero-order valence-electron chi connectivity index (χ0n) is 12.7. The number of aromatic nitrogens is 2. The number of benzene rings is 1. The van der Waals surface area contributed by atoms with Crippen molar-refractivity contribution in [1.29, 1.82) is 0 Å². The highest BCUT2D eigenvalue weighted by atomic mass is 127. The third kappa shape index (κ3) is 5.57. The molecule has 8 nitrogen and oxygen atoms in total. The van der Waals surface area contributed by atoms with Crippen LogP contribution in [0, 0.1) is 23.8 Å². The fraction of sp³-hybridized carbons (Fsp3) is 0. The Kier molecular flexibility index (Phi) is 6.46. The summed E-state index contributed by atoms with van der Waals surface area (Å²) in [5.41, 5.74) is 1.82. The Morgan fingerprint density at radius 2 is 1.08 bits per heavy atom. The first-order chi connectivity index (χ1) is 12.0. The second-order valence-corrected chi connectivity index (χ2v) is 5.90. The van der Waals surface area contributed by atoms with Crippen LogP contribution in [0.2, 0.25) is 0 Å². The van der Waals surface area contributed by atoms with Gasteiger partial charge in [0.25, 0.3) is 11.4 Å². The molecule has 0 atom stereocenters. The molecular weight excluding hydrogens is 439 g/mol. The molecule has 0 aliphatic heterocycles. The van der Waals surface area contributed by atoms with Gasteiger partial charge in [-0.05, 0) is 58.0 Å². The van der Waals surface area contributed by atoms with E-state index in [1.165, 1.54) is 23.3 Å². The molecule has 2 heterocycles. The van der Waals surface area contributed by atoms with E-state index in [1.807, 2.05) is 24.3 Å². The Morgan fingerprint density at radius 3 is 1.40 bits per heavy atom. The summed E-state index contributed by atoms with van der Waals surface area (Å²) >= 11 is 1.79. The summed E-state index contributed by atoms with van der Waals surface area (Å²) in [4.78, 5) is 27.2. The minimum atomic E-state index is -0.658. The normalized spacial score (nSPS) is 9.64. The van der Waals surface area contributed by atoms with Crippen LogP contribution in [0.4, 0.5) is 11.4 Å². The van der Waals surface area contributed by atoms with Crippen molar-refractivity contribution < 1.29 is 9.85 Å². The van der Waals surface area contributed by atoms with Crippen molar-refractivity contribution in [3.05, 3.63) is 91.1 Å². The number of rotatable bonds is 3. The van der Waals surface area contributed by atoms with E-state index in [9.17, 15) is 20.2 Å². The smallest absolute Gasteiger partial charge is 0.265 e. The summed E-state index contributed by atoms with van der Waals surface area (Å²) in [7, 11) is 0. The van der Waals surface area contributed by atoms with Gasteiger partial charge in [0, 0.05) is 40.5 Å². The van der Waals surface area contributed by atoms with Crippen molar-refractivity contribution in [3.63, 3.8) is 0 Å². The molecule has 1 aromatic carbocycles. The Hall–Kier alpha value is -2.95. The zero-order chi connectivity index (χ0) is 18.2. The summed E-state index contributed by atoms with van der Waals surface area (Å²) in [6.07, 6.45) is 7.15. The van der Waals surface area contributed by atoms with Crippen LogP contribution >= 0.6 is 22.6 Å². The van der Waals surface area contributed by atoms with Gasteiger partial charge in [0.15, 0.2) is 0 Å². The highest BCUT2D eigenvalue weighted by molar-refractivity contribution is 14.1. The van der Waals surface area contributed by atoms with Gasteiger partial charge in [0.1, 0.15) is 0 Å². The van der Waals surface area contributed by atoms with Crippen molar-refractivity contribution in [2.45, 2.75) is 0 Å². The third-order valence-corrected chi connectivity index (χ3v) is 3.61. The lowest BCUT2D eigenvalue weighted by Gasteiger charge is -1.97. The fourth-order valence-electron chi connectivity index (χ4n) is 1.86. The van der Waals surface area contributed by atoms with Crippen LogP contribution in [-0.4, -0.2) is 19.8 Å². The number of hydrogen-bond acceptors (Lipinski definition) is 6. The Bertz CT molecular complexity index is 806. The van der Waals surface area contributed by atoms with Gasteiger partial charge in [-0.2, -0.15) is 0 Å². The van der Waals surface area contributed by atoms with Gasteiger partial charge in [0.05, 0.1) is 15.9 Å². The van der Waals surface area contributed by atoms with E-state index in [1.54, 1.807) is 47.4 Å². The predicted molar refractivity (Wildman–Crippen MR) is 99.9 cm³/mol. The molecule has 0 amide bonds. The van der Waals surface area contributed by atoms with Gasteiger partial charge < -0.3 is 0 Å². The fourth-order valence-corrected chi connectivity index (χ4v) is 2.50. The molecule has 0 aliphatic rings. The van der Waals surface area contributed by atoms with E-state index in [2.05, 4.69) is 9.97 Å². The molecule has 0 unspecified atom stereocenters. The van der Waals surface area contributed by atoms with Crippen LogP contribution in [0.15, 0.2) is 67.3 Å². The second kappa shape index (κ2) is 8.78. The number of nitro groups is 2. The van der Waals surface area contributed by atoms with Crippen LogP contribution < -0.4 is 0 Å². The maximum absolute atomic E-state index is 10.3. The molecule has 0 saturated heterocycles. The average Bonchev–Trinajstić information content (AvgIpc) is 2.63. The molecular formula is C16H11IN4O4.